The van der Waals surface area contributed by atoms with Gasteiger partial charge in [0.25, 0.3) is 0 Å². The lowest BCUT2D eigenvalue weighted by molar-refractivity contribution is 0.276. The molecule has 4 rings (SSSR count). The molecule has 2 aromatic heterocycles. The third-order valence-electron chi connectivity index (χ3n) is 5.54. The number of rotatable bonds is 5. The highest BCUT2D eigenvalue weighted by molar-refractivity contribution is 7.97. The second-order valence-electron chi connectivity index (χ2n) is 7.47. The Morgan fingerprint density at radius 1 is 1.38 bits per heavy atom. The second kappa shape index (κ2) is 6.92. The highest BCUT2D eigenvalue weighted by atomic mass is 32.2. The van der Waals surface area contributed by atoms with Crippen LogP contribution in [0.15, 0.2) is 18.6 Å². The van der Waals surface area contributed by atoms with Crippen molar-refractivity contribution in [2.75, 3.05) is 30.8 Å². The monoisotopic (exact) mass is 345 g/mol. The van der Waals surface area contributed by atoms with E-state index in [0.29, 0.717) is 6.04 Å². The standard InChI is InChI=1S/C18H27N5S/c1-13-4-3-7-23(10-13)24-11-14-8-15(9-14)22(2)18-16-5-6-19-17(16)20-12-21-18/h5-6,12-15H,3-4,7-11H2,1-2H3,(H,19,20,21). The van der Waals surface area contributed by atoms with Crippen LogP contribution in [0.25, 0.3) is 11.0 Å². The molecule has 1 aliphatic carbocycles. The highest BCUT2D eigenvalue weighted by Gasteiger charge is 2.33. The van der Waals surface area contributed by atoms with Crippen LogP contribution < -0.4 is 4.90 Å². The maximum absolute atomic E-state index is 4.52. The van der Waals surface area contributed by atoms with Crippen molar-refractivity contribution >= 4 is 28.8 Å². The van der Waals surface area contributed by atoms with Gasteiger partial charge < -0.3 is 9.88 Å². The average molecular weight is 346 g/mol. The van der Waals surface area contributed by atoms with Crippen LogP contribution in [0.5, 0.6) is 0 Å². The smallest absolute Gasteiger partial charge is 0.142 e. The molecule has 1 unspecified atom stereocenters. The SMILES string of the molecule is CC1CCCN(SCC2CC(N(C)c3ncnc4[nH]ccc34)C2)C1. The van der Waals surface area contributed by atoms with Crippen LogP contribution in [0.3, 0.4) is 0 Å². The van der Waals surface area contributed by atoms with Gasteiger partial charge in [-0.3, -0.25) is 4.31 Å². The number of nitrogens with one attached hydrogen (secondary N) is 1. The Morgan fingerprint density at radius 2 is 2.25 bits per heavy atom. The van der Waals surface area contributed by atoms with Gasteiger partial charge in [0.05, 0.1) is 5.39 Å². The zero-order valence-electron chi connectivity index (χ0n) is 14.6. The normalized spacial score (nSPS) is 28.0. The van der Waals surface area contributed by atoms with E-state index in [-0.39, 0.29) is 0 Å². The Bertz CT molecular complexity index is 681. The molecule has 0 bridgehead atoms. The van der Waals surface area contributed by atoms with Crippen LogP contribution in [-0.2, 0) is 0 Å². The molecule has 130 valence electrons. The second-order valence-corrected chi connectivity index (χ2v) is 8.58. The zero-order valence-corrected chi connectivity index (χ0v) is 15.4. The zero-order chi connectivity index (χ0) is 16.5. The van der Waals surface area contributed by atoms with Gasteiger partial charge in [0, 0.05) is 38.1 Å². The van der Waals surface area contributed by atoms with E-state index in [1.165, 1.54) is 44.5 Å². The number of aromatic nitrogens is 3. The van der Waals surface area contributed by atoms with E-state index < -0.39 is 0 Å². The number of fused-ring (bicyclic) bond motifs is 1. The van der Waals surface area contributed by atoms with E-state index in [2.05, 4.69) is 56.1 Å². The van der Waals surface area contributed by atoms with E-state index in [0.717, 1.165) is 28.7 Å². The molecule has 1 atom stereocenters. The first-order chi connectivity index (χ1) is 11.7. The molecule has 2 fully saturated rings. The summed E-state index contributed by atoms with van der Waals surface area (Å²) >= 11 is 2.08. The Morgan fingerprint density at radius 3 is 3.08 bits per heavy atom. The molecule has 5 nitrogen and oxygen atoms in total. The fourth-order valence-corrected chi connectivity index (χ4v) is 5.25. The van der Waals surface area contributed by atoms with Crippen molar-refractivity contribution in [3.05, 3.63) is 18.6 Å². The van der Waals surface area contributed by atoms with Gasteiger partial charge >= 0.3 is 0 Å². The third-order valence-corrected chi connectivity index (χ3v) is 6.86. The maximum Gasteiger partial charge on any atom is 0.142 e. The minimum Gasteiger partial charge on any atom is -0.356 e. The van der Waals surface area contributed by atoms with Crippen molar-refractivity contribution in [3.8, 4) is 0 Å². The Balaban J connectivity index is 1.28. The molecule has 3 heterocycles. The predicted molar refractivity (Wildman–Crippen MR) is 101 cm³/mol. The molecule has 1 N–H and O–H groups in total. The topological polar surface area (TPSA) is 48.1 Å². The molecule has 2 aromatic rings. The molecule has 0 amide bonds. The summed E-state index contributed by atoms with van der Waals surface area (Å²) in [7, 11) is 2.18. The lowest BCUT2D eigenvalue weighted by Gasteiger charge is -2.42. The van der Waals surface area contributed by atoms with E-state index in [4.69, 9.17) is 0 Å². The Hall–Kier alpha value is -1.27. The Kier molecular flexibility index (Phi) is 4.68. The van der Waals surface area contributed by atoms with Crippen LogP contribution in [0.4, 0.5) is 5.82 Å². The highest BCUT2D eigenvalue weighted by Crippen LogP contribution is 2.37. The van der Waals surface area contributed by atoms with Crippen LogP contribution in [0.1, 0.15) is 32.6 Å². The van der Waals surface area contributed by atoms with E-state index in [1.54, 1.807) is 6.33 Å². The van der Waals surface area contributed by atoms with Gasteiger partial charge in [-0.2, -0.15) is 0 Å². The van der Waals surface area contributed by atoms with Gasteiger partial charge in [0.1, 0.15) is 17.8 Å². The van der Waals surface area contributed by atoms with Crippen molar-refractivity contribution in [2.45, 2.75) is 38.6 Å². The molecular weight excluding hydrogens is 318 g/mol. The quantitative estimate of drug-likeness (QED) is 0.840. The minimum atomic E-state index is 0.615. The van der Waals surface area contributed by atoms with Gasteiger partial charge in [-0.05, 0) is 43.6 Å². The maximum atomic E-state index is 4.52. The average Bonchev–Trinajstić information content (AvgIpc) is 3.01. The van der Waals surface area contributed by atoms with E-state index in [9.17, 15) is 0 Å². The number of piperidine rings is 1. The van der Waals surface area contributed by atoms with Gasteiger partial charge in [-0.15, -0.1) is 0 Å². The Labute approximate surface area is 148 Å². The summed E-state index contributed by atoms with van der Waals surface area (Å²) in [6.07, 6.45) is 8.93. The summed E-state index contributed by atoms with van der Waals surface area (Å²) < 4.78 is 2.60. The molecule has 1 aliphatic heterocycles. The van der Waals surface area contributed by atoms with Gasteiger partial charge in [0.2, 0.25) is 0 Å². The summed E-state index contributed by atoms with van der Waals surface area (Å²) in [6.45, 7) is 4.93. The molecule has 0 radical (unpaired) electrons. The number of hydrogen-bond acceptors (Lipinski definition) is 5. The van der Waals surface area contributed by atoms with Gasteiger partial charge in [0.15, 0.2) is 0 Å². The largest absolute Gasteiger partial charge is 0.356 e. The number of hydrogen-bond donors (Lipinski definition) is 1. The van der Waals surface area contributed by atoms with Crippen molar-refractivity contribution < 1.29 is 0 Å². The van der Waals surface area contributed by atoms with Crippen LogP contribution >= 0.6 is 11.9 Å². The minimum absolute atomic E-state index is 0.615. The lowest BCUT2D eigenvalue weighted by Crippen LogP contribution is -2.44. The van der Waals surface area contributed by atoms with Crippen LogP contribution in [0, 0.1) is 11.8 Å². The van der Waals surface area contributed by atoms with E-state index >= 15 is 0 Å². The van der Waals surface area contributed by atoms with Gasteiger partial charge in [-0.25, -0.2) is 9.97 Å². The molecule has 6 heteroatoms. The van der Waals surface area contributed by atoms with Crippen molar-refractivity contribution in [1.29, 1.82) is 0 Å². The summed E-state index contributed by atoms with van der Waals surface area (Å²) in [6, 6.07) is 2.69. The number of H-pyrrole nitrogens is 1. The molecular formula is C18H27N5S. The third kappa shape index (κ3) is 3.26. The number of nitrogens with zero attached hydrogens (tertiary/aromatic N) is 4. The number of anilines is 1. The molecule has 0 aromatic carbocycles. The predicted octanol–water partition coefficient (Wildman–Crippen LogP) is 3.55. The van der Waals surface area contributed by atoms with Gasteiger partial charge in [-0.1, -0.05) is 18.9 Å². The summed E-state index contributed by atoms with van der Waals surface area (Å²) in [5.41, 5.74) is 0.928. The molecule has 1 saturated heterocycles. The molecule has 24 heavy (non-hydrogen) atoms. The first-order valence-electron chi connectivity index (χ1n) is 9.09. The molecule has 2 aliphatic rings. The van der Waals surface area contributed by atoms with Crippen molar-refractivity contribution in [3.63, 3.8) is 0 Å². The fourth-order valence-electron chi connectivity index (χ4n) is 3.94. The van der Waals surface area contributed by atoms with Crippen LogP contribution in [0.2, 0.25) is 0 Å². The summed E-state index contributed by atoms with van der Waals surface area (Å²) in [4.78, 5) is 14.3. The number of aromatic amines is 1. The van der Waals surface area contributed by atoms with Crippen molar-refractivity contribution in [1.82, 2.24) is 19.3 Å². The first-order valence-corrected chi connectivity index (χ1v) is 10.0. The first kappa shape index (κ1) is 16.2. The molecule has 1 saturated carbocycles. The molecule has 0 spiro atoms. The van der Waals surface area contributed by atoms with Crippen molar-refractivity contribution in [2.24, 2.45) is 11.8 Å². The lowest BCUT2D eigenvalue weighted by atomic mass is 9.81. The summed E-state index contributed by atoms with van der Waals surface area (Å²) in [5, 5.41) is 1.13. The van der Waals surface area contributed by atoms with E-state index in [1.807, 2.05) is 6.20 Å². The summed E-state index contributed by atoms with van der Waals surface area (Å²) in [5.74, 6) is 4.05. The van der Waals surface area contributed by atoms with Crippen LogP contribution in [-0.4, -0.2) is 51.2 Å². The fraction of sp³-hybridized carbons (Fsp3) is 0.667.